The zero-order valence-corrected chi connectivity index (χ0v) is 13.2. The Morgan fingerprint density at radius 2 is 1.68 bits per heavy atom. The number of H-pyrrole nitrogens is 1. The lowest BCUT2D eigenvalue weighted by Gasteiger charge is -2.00. The van der Waals surface area contributed by atoms with Gasteiger partial charge in [0.2, 0.25) is 0 Å². The molecule has 0 unspecified atom stereocenters. The summed E-state index contributed by atoms with van der Waals surface area (Å²) in [5.74, 6) is 0.695. The number of aromatic nitrogens is 2. The SMILES string of the molecule is N#Cc1ccc(-c2nc3ccc(C(=O)c4ccccc4)cc3[nH]2)cc1. The summed E-state index contributed by atoms with van der Waals surface area (Å²) < 4.78 is 0. The number of carbonyl (C=O) groups is 1. The molecule has 0 saturated carbocycles. The van der Waals surface area contributed by atoms with E-state index in [0.29, 0.717) is 22.5 Å². The minimum absolute atomic E-state index is 0.0166. The summed E-state index contributed by atoms with van der Waals surface area (Å²) in [5, 5.41) is 8.88. The highest BCUT2D eigenvalue weighted by Crippen LogP contribution is 2.22. The Morgan fingerprint density at radius 3 is 2.40 bits per heavy atom. The topological polar surface area (TPSA) is 69.5 Å². The first-order chi connectivity index (χ1) is 12.2. The molecule has 0 amide bonds. The number of benzene rings is 3. The van der Waals surface area contributed by atoms with Gasteiger partial charge in [0.05, 0.1) is 22.7 Å². The van der Waals surface area contributed by atoms with Crippen LogP contribution in [0.5, 0.6) is 0 Å². The Morgan fingerprint density at radius 1 is 0.920 bits per heavy atom. The van der Waals surface area contributed by atoms with Crippen LogP contribution < -0.4 is 0 Å². The maximum atomic E-state index is 12.6. The van der Waals surface area contributed by atoms with Crippen LogP contribution in [0.3, 0.4) is 0 Å². The number of fused-ring (bicyclic) bond motifs is 1. The molecule has 0 bridgehead atoms. The molecule has 0 atom stereocenters. The van der Waals surface area contributed by atoms with Gasteiger partial charge in [-0.05, 0) is 42.5 Å². The van der Waals surface area contributed by atoms with Crippen LogP contribution in [0.25, 0.3) is 22.4 Å². The second kappa shape index (κ2) is 6.06. The minimum atomic E-state index is -0.0166. The summed E-state index contributed by atoms with van der Waals surface area (Å²) in [6.07, 6.45) is 0. The van der Waals surface area contributed by atoms with E-state index >= 15 is 0 Å². The van der Waals surface area contributed by atoms with Crippen molar-refractivity contribution < 1.29 is 4.79 Å². The molecular weight excluding hydrogens is 310 g/mol. The molecule has 0 saturated heterocycles. The van der Waals surface area contributed by atoms with Crippen LogP contribution in [0.15, 0.2) is 72.8 Å². The van der Waals surface area contributed by atoms with Gasteiger partial charge in [0.15, 0.2) is 5.78 Å². The van der Waals surface area contributed by atoms with Crippen molar-refractivity contribution in [1.82, 2.24) is 9.97 Å². The molecule has 0 aliphatic heterocycles. The monoisotopic (exact) mass is 323 g/mol. The predicted octanol–water partition coefficient (Wildman–Crippen LogP) is 4.33. The van der Waals surface area contributed by atoms with Crippen LogP contribution in [0.4, 0.5) is 0 Å². The number of carbonyl (C=O) groups excluding carboxylic acids is 1. The zero-order valence-electron chi connectivity index (χ0n) is 13.2. The molecular formula is C21H13N3O. The van der Waals surface area contributed by atoms with Crippen molar-refractivity contribution in [2.24, 2.45) is 0 Å². The number of ketones is 1. The average molecular weight is 323 g/mol. The van der Waals surface area contributed by atoms with Crippen molar-refractivity contribution in [2.75, 3.05) is 0 Å². The van der Waals surface area contributed by atoms with Gasteiger partial charge in [-0.15, -0.1) is 0 Å². The Hall–Kier alpha value is -3.71. The van der Waals surface area contributed by atoms with E-state index in [1.807, 2.05) is 54.6 Å². The fourth-order valence-electron chi connectivity index (χ4n) is 2.75. The number of aromatic amines is 1. The molecule has 4 nitrogen and oxygen atoms in total. The Bertz CT molecular complexity index is 1100. The first kappa shape index (κ1) is 14.9. The molecule has 0 spiro atoms. The molecule has 3 aromatic carbocycles. The molecule has 1 heterocycles. The predicted molar refractivity (Wildman–Crippen MR) is 96.1 cm³/mol. The van der Waals surface area contributed by atoms with Crippen LogP contribution in [-0.4, -0.2) is 15.8 Å². The first-order valence-electron chi connectivity index (χ1n) is 7.85. The van der Waals surface area contributed by atoms with Crippen molar-refractivity contribution in [1.29, 1.82) is 5.26 Å². The number of imidazole rings is 1. The summed E-state index contributed by atoms with van der Waals surface area (Å²) in [7, 11) is 0. The highest BCUT2D eigenvalue weighted by Gasteiger charge is 2.11. The summed E-state index contributed by atoms with van der Waals surface area (Å²) in [6, 6.07) is 24.0. The lowest BCUT2D eigenvalue weighted by Crippen LogP contribution is -2.00. The third-order valence-corrected chi connectivity index (χ3v) is 4.07. The van der Waals surface area contributed by atoms with E-state index in [-0.39, 0.29) is 5.78 Å². The molecule has 4 rings (SSSR count). The zero-order chi connectivity index (χ0) is 17.2. The third kappa shape index (κ3) is 2.79. The van der Waals surface area contributed by atoms with E-state index in [4.69, 9.17) is 5.26 Å². The van der Waals surface area contributed by atoms with Gasteiger partial charge in [-0.25, -0.2) is 4.98 Å². The van der Waals surface area contributed by atoms with E-state index in [1.165, 1.54) is 0 Å². The van der Waals surface area contributed by atoms with Crippen molar-refractivity contribution in [3.63, 3.8) is 0 Å². The van der Waals surface area contributed by atoms with Gasteiger partial charge in [-0.2, -0.15) is 5.26 Å². The summed E-state index contributed by atoms with van der Waals surface area (Å²) >= 11 is 0. The summed E-state index contributed by atoms with van der Waals surface area (Å²) in [5.41, 5.74) is 4.38. The molecule has 1 N–H and O–H groups in total. The normalized spacial score (nSPS) is 10.5. The van der Waals surface area contributed by atoms with Crippen molar-refractivity contribution in [3.8, 4) is 17.5 Å². The fraction of sp³-hybridized carbons (Fsp3) is 0. The standard InChI is InChI=1S/C21H13N3O/c22-13-14-6-8-16(9-7-14)21-23-18-11-10-17(12-19(18)24-21)20(25)15-4-2-1-3-5-15/h1-12H,(H,23,24). The van der Waals surface area contributed by atoms with Crippen molar-refractivity contribution in [2.45, 2.75) is 0 Å². The van der Waals surface area contributed by atoms with Crippen LogP contribution in [0.1, 0.15) is 21.5 Å². The number of nitrogens with zero attached hydrogens (tertiary/aromatic N) is 2. The van der Waals surface area contributed by atoms with Crippen LogP contribution in [0.2, 0.25) is 0 Å². The Balaban J connectivity index is 1.72. The van der Waals surface area contributed by atoms with E-state index in [2.05, 4.69) is 16.0 Å². The number of nitriles is 1. The largest absolute Gasteiger partial charge is 0.338 e. The average Bonchev–Trinajstić information content (AvgIpc) is 3.11. The van der Waals surface area contributed by atoms with Crippen molar-refractivity contribution in [3.05, 3.63) is 89.5 Å². The minimum Gasteiger partial charge on any atom is -0.338 e. The van der Waals surface area contributed by atoms with E-state index in [1.54, 1.807) is 18.2 Å². The second-order valence-corrected chi connectivity index (χ2v) is 5.70. The third-order valence-electron chi connectivity index (χ3n) is 4.07. The molecule has 118 valence electrons. The first-order valence-corrected chi connectivity index (χ1v) is 7.85. The van der Waals surface area contributed by atoms with Crippen LogP contribution in [-0.2, 0) is 0 Å². The maximum absolute atomic E-state index is 12.6. The molecule has 0 radical (unpaired) electrons. The molecule has 0 aliphatic rings. The van der Waals surface area contributed by atoms with Crippen LogP contribution in [0, 0.1) is 11.3 Å². The fourth-order valence-corrected chi connectivity index (χ4v) is 2.75. The van der Waals surface area contributed by atoms with Gasteiger partial charge in [0.1, 0.15) is 5.82 Å². The summed E-state index contributed by atoms with van der Waals surface area (Å²) in [4.78, 5) is 20.4. The van der Waals surface area contributed by atoms with Crippen LogP contribution >= 0.6 is 0 Å². The molecule has 25 heavy (non-hydrogen) atoms. The number of nitrogens with one attached hydrogen (secondary N) is 1. The Kier molecular flexibility index (Phi) is 3.60. The highest BCUT2D eigenvalue weighted by atomic mass is 16.1. The van der Waals surface area contributed by atoms with E-state index in [9.17, 15) is 4.79 Å². The Labute approximate surface area is 144 Å². The lowest BCUT2D eigenvalue weighted by molar-refractivity contribution is 0.103. The van der Waals surface area contributed by atoms with Gasteiger partial charge in [-0.1, -0.05) is 30.3 Å². The lowest BCUT2D eigenvalue weighted by atomic mass is 10.0. The number of hydrogen-bond donors (Lipinski definition) is 1. The molecule has 4 aromatic rings. The van der Waals surface area contributed by atoms with Gasteiger partial charge in [-0.3, -0.25) is 4.79 Å². The van der Waals surface area contributed by atoms with Gasteiger partial charge < -0.3 is 4.98 Å². The second-order valence-electron chi connectivity index (χ2n) is 5.70. The molecule has 0 aliphatic carbocycles. The number of hydrogen-bond acceptors (Lipinski definition) is 3. The molecule has 1 aromatic heterocycles. The maximum Gasteiger partial charge on any atom is 0.193 e. The van der Waals surface area contributed by atoms with Crippen molar-refractivity contribution >= 4 is 16.8 Å². The molecule has 4 heteroatoms. The number of rotatable bonds is 3. The quantitative estimate of drug-likeness (QED) is 0.570. The summed E-state index contributed by atoms with van der Waals surface area (Å²) in [6.45, 7) is 0. The van der Waals surface area contributed by atoms with E-state index in [0.717, 1.165) is 16.6 Å². The highest BCUT2D eigenvalue weighted by molar-refractivity contribution is 6.10. The van der Waals surface area contributed by atoms with Gasteiger partial charge in [0, 0.05) is 16.7 Å². The molecule has 0 fully saturated rings. The smallest absolute Gasteiger partial charge is 0.193 e. The van der Waals surface area contributed by atoms with Gasteiger partial charge >= 0.3 is 0 Å². The van der Waals surface area contributed by atoms with E-state index < -0.39 is 0 Å². The van der Waals surface area contributed by atoms with Gasteiger partial charge in [0.25, 0.3) is 0 Å².